The number of barbiturate groups is 1. The number of hydrogen-bond acceptors (Lipinski definition) is 6. The quantitative estimate of drug-likeness (QED) is 0.374. The van der Waals surface area contributed by atoms with Crippen molar-refractivity contribution in [1.29, 1.82) is 0 Å². The zero-order valence-electron chi connectivity index (χ0n) is 14.3. The Balaban J connectivity index is 2.08. The summed E-state index contributed by atoms with van der Waals surface area (Å²) in [6.45, 7) is 0. The summed E-state index contributed by atoms with van der Waals surface area (Å²) in [6, 6.07) is 7.17. The van der Waals surface area contributed by atoms with Crippen LogP contribution in [0.1, 0.15) is 5.56 Å². The molecule has 2 aromatic carbocycles. The molecular formula is C18H12FN3O6. The summed E-state index contributed by atoms with van der Waals surface area (Å²) >= 11 is 0. The van der Waals surface area contributed by atoms with Gasteiger partial charge in [0.2, 0.25) is 0 Å². The van der Waals surface area contributed by atoms with E-state index in [1.54, 1.807) is 0 Å². The summed E-state index contributed by atoms with van der Waals surface area (Å²) in [5.41, 5.74) is -0.567. The van der Waals surface area contributed by atoms with E-state index in [1.165, 1.54) is 31.4 Å². The minimum absolute atomic E-state index is 0.0494. The molecular weight excluding hydrogens is 373 g/mol. The number of rotatable bonds is 4. The Morgan fingerprint density at radius 2 is 1.82 bits per heavy atom. The molecule has 2 aromatic rings. The van der Waals surface area contributed by atoms with Crippen LogP contribution in [0.3, 0.4) is 0 Å². The highest BCUT2D eigenvalue weighted by Crippen LogP contribution is 2.28. The van der Waals surface area contributed by atoms with Gasteiger partial charge in [-0.2, -0.15) is 0 Å². The lowest BCUT2D eigenvalue weighted by Crippen LogP contribution is -2.54. The number of ether oxygens (including phenoxy) is 1. The van der Waals surface area contributed by atoms with Crippen LogP contribution in [0.2, 0.25) is 0 Å². The maximum absolute atomic E-state index is 13.1. The maximum atomic E-state index is 13.1. The van der Waals surface area contributed by atoms with Crippen LogP contribution >= 0.6 is 0 Å². The van der Waals surface area contributed by atoms with Crippen LogP contribution in [0.4, 0.5) is 20.6 Å². The molecule has 28 heavy (non-hydrogen) atoms. The molecule has 1 N–H and O–H groups in total. The molecule has 0 aromatic heterocycles. The van der Waals surface area contributed by atoms with Gasteiger partial charge < -0.3 is 4.74 Å². The Kier molecular flexibility index (Phi) is 4.86. The Labute approximate surface area is 157 Å². The lowest BCUT2D eigenvalue weighted by Gasteiger charge is -2.26. The number of urea groups is 1. The van der Waals surface area contributed by atoms with E-state index in [1.807, 2.05) is 5.32 Å². The Morgan fingerprint density at radius 1 is 1.14 bits per heavy atom. The van der Waals surface area contributed by atoms with Gasteiger partial charge in [0.05, 0.1) is 17.7 Å². The molecule has 1 saturated heterocycles. The van der Waals surface area contributed by atoms with Gasteiger partial charge in [-0.3, -0.25) is 25.0 Å². The van der Waals surface area contributed by atoms with Gasteiger partial charge in [-0.15, -0.1) is 0 Å². The molecule has 1 fully saturated rings. The molecule has 10 heteroatoms. The van der Waals surface area contributed by atoms with Crippen molar-refractivity contribution in [2.45, 2.75) is 0 Å². The fourth-order valence-corrected chi connectivity index (χ4v) is 2.59. The maximum Gasteiger partial charge on any atom is 0.335 e. The number of anilines is 1. The minimum Gasteiger partial charge on any atom is -0.496 e. The van der Waals surface area contributed by atoms with E-state index in [4.69, 9.17) is 4.74 Å². The molecule has 1 aliphatic heterocycles. The summed E-state index contributed by atoms with van der Waals surface area (Å²) in [5, 5.41) is 13.0. The van der Waals surface area contributed by atoms with Gasteiger partial charge in [0.25, 0.3) is 17.5 Å². The second kappa shape index (κ2) is 7.27. The van der Waals surface area contributed by atoms with Crippen LogP contribution in [0.25, 0.3) is 6.08 Å². The van der Waals surface area contributed by atoms with Crippen molar-refractivity contribution >= 4 is 35.3 Å². The van der Waals surface area contributed by atoms with E-state index in [2.05, 4.69) is 0 Å². The van der Waals surface area contributed by atoms with Gasteiger partial charge >= 0.3 is 6.03 Å². The van der Waals surface area contributed by atoms with E-state index in [0.717, 1.165) is 24.3 Å². The Morgan fingerprint density at radius 3 is 2.43 bits per heavy atom. The van der Waals surface area contributed by atoms with Crippen LogP contribution in [0, 0.1) is 15.9 Å². The lowest BCUT2D eigenvalue weighted by atomic mass is 10.1. The first-order valence-corrected chi connectivity index (χ1v) is 7.81. The smallest absolute Gasteiger partial charge is 0.335 e. The SMILES string of the molecule is COc1ccc([N+](=O)[O-])cc1/C=C1\C(=O)NC(=O)N(c2ccc(F)cc2)C1=O. The number of nitro benzene ring substituents is 1. The molecule has 3 rings (SSSR count). The van der Waals surface area contributed by atoms with Gasteiger partial charge in [-0.05, 0) is 36.4 Å². The normalized spacial score (nSPS) is 15.6. The molecule has 1 aliphatic rings. The molecule has 0 bridgehead atoms. The van der Waals surface area contributed by atoms with Gasteiger partial charge in [-0.1, -0.05) is 0 Å². The number of carbonyl (C=O) groups excluding carboxylic acids is 3. The van der Waals surface area contributed by atoms with Crippen LogP contribution in [-0.2, 0) is 9.59 Å². The van der Waals surface area contributed by atoms with Crippen LogP contribution in [0.5, 0.6) is 5.75 Å². The molecule has 142 valence electrons. The average Bonchev–Trinajstić information content (AvgIpc) is 2.66. The number of nitrogens with zero attached hydrogens (tertiary/aromatic N) is 2. The third-order valence-corrected chi connectivity index (χ3v) is 3.91. The number of hydrogen-bond donors (Lipinski definition) is 1. The molecule has 0 atom stereocenters. The van der Waals surface area contributed by atoms with E-state index in [9.17, 15) is 28.9 Å². The molecule has 0 radical (unpaired) electrons. The first-order chi connectivity index (χ1) is 13.3. The number of halogens is 1. The largest absolute Gasteiger partial charge is 0.496 e. The van der Waals surface area contributed by atoms with Crippen molar-refractivity contribution in [3.8, 4) is 5.75 Å². The first kappa shape index (κ1) is 18.7. The number of imide groups is 2. The second-order valence-electron chi connectivity index (χ2n) is 5.62. The molecule has 0 saturated carbocycles. The summed E-state index contributed by atoms with van der Waals surface area (Å²) in [6.07, 6.45) is 1.09. The average molecular weight is 385 g/mol. The van der Waals surface area contributed by atoms with Gasteiger partial charge in [0.1, 0.15) is 17.1 Å². The molecule has 0 unspecified atom stereocenters. The lowest BCUT2D eigenvalue weighted by molar-refractivity contribution is -0.384. The van der Waals surface area contributed by atoms with Gasteiger partial charge in [0, 0.05) is 17.7 Å². The van der Waals surface area contributed by atoms with E-state index >= 15 is 0 Å². The predicted molar refractivity (Wildman–Crippen MR) is 95.1 cm³/mol. The van der Waals surface area contributed by atoms with E-state index in [0.29, 0.717) is 4.90 Å². The standard InChI is InChI=1S/C18H12FN3O6/c1-28-15-7-6-13(22(26)27)8-10(15)9-14-16(23)20-18(25)21(17(14)24)12-4-2-11(19)3-5-12/h2-9H,1H3,(H,20,23,25)/b14-9+. The predicted octanol–water partition coefficient (Wildman–Crippen LogP) is 2.41. The number of nitrogens with one attached hydrogen (secondary N) is 1. The molecule has 1 heterocycles. The van der Waals surface area contributed by atoms with Crippen LogP contribution < -0.4 is 15.0 Å². The zero-order valence-corrected chi connectivity index (χ0v) is 14.3. The zero-order chi connectivity index (χ0) is 20.4. The third kappa shape index (κ3) is 3.43. The fraction of sp³-hybridized carbons (Fsp3) is 0.0556. The third-order valence-electron chi connectivity index (χ3n) is 3.91. The van der Waals surface area contributed by atoms with Crippen molar-refractivity contribution in [3.05, 3.63) is 69.5 Å². The highest BCUT2D eigenvalue weighted by Gasteiger charge is 2.37. The van der Waals surface area contributed by atoms with Crippen LogP contribution in [-0.4, -0.2) is 29.9 Å². The summed E-state index contributed by atoms with van der Waals surface area (Å²) in [7, 11) is 1.32. The molecule has 9 nitrogen and oxygen atoms in total. The van der Waals surface area contributed by atoms with Crippen molar-refractivity contribution in [3.63, 3.8) is 0 Å². The molecule has 4 amide bonds. The topological polar surface area (TPSA) is 119 Å². The van der Waals surface area contributed by atoms with Gasteiger partial charge in [0.15, 0.2) is 0 Å². The monoisotopic (exact) mass is 385 g/mol. The Hall–Kier alpha value is -4.08. The van der Waals surface area contributed by atoms with Crippen LogP contribution in [0.15, 0.2) is 48.0 Å². The van der Waals surface area contributed by atoms with Crippen molar-refractivity contribution < 1.29 is 28.4 Å². The minimum atomic E-state index is -0.996. The molecule has 0 spiro atoms. The summed E-state index contributed by atoms with van der Waals surface area (Å²) in [5.74, 6) is -2.32. The number of non-ortho nitro benzene ring substituents is 1. The van der Waals surface area contributed by atoms with Crippen molar-refractivity contribution in [1.82, 2.24) is 5.32 Å². The van der Waals surface area contributed by atoms with Gasteiger partial charge in [-0.25, -0.2) is 14.1 Å². The number of nitro groups is 1. The highest BCUT2D eigenvalue weighted by molar-refractivity contribution is 6.39. The highest BCUT2D eigenvalue weighted by atomic mass is 19.1. The van der Waals surface area contributed by atoms with Crippen molar-refractivity contribution in [2.75, 3.05) is 12.0 Å². The summed E-state index contributed by atoms with van der Waals surface area (Å²) in [4.78, 5) is 48.1. The number of carbonyl (C=O) groups is 3. The first-order valence-electron chi connectivity index (χ1n) is 7.81. The van der Waals surface area contributed by atoms with E-state index in [-0.39, 0.29) is 22.7 Å². The van der Waals surface area contributed by atoms with E-state index < -0.39 is 34.2 Å². The second-order valence-corrected chi connectivity index (χ2v) is 5.62. The number of amides is 4. The molecule has 0 aliphatic carbocycles. The number of methoxy groups -OCH3 is 1. The number of benzene rings is 2. The fourth-order valence-electron chi connectivity index (χ4n) is 2.59. The Bertz CT molecular complexity index is 1030. The summed E-state index contributed by atoms with van der Waals surface area (Å²) < 4.78 is 18.2. The van der Waals surface area contributed by atoms with Crippen molar-refractivity contribution in [2.24, 2.45) is 0 Å².